The van der Waals surface area contributed by atoms with Crippen molar-refractivity contribution in [2.24, 2.45) is 0 Å². The second kappa shape index (κ2) is 6.86. The molecule has 0 aromatic heterocycles. The van der Waals surface area contributed by atoms with Crippen LogP contribution in [0.2, 0.25) is 0 Å². The highest BCUT2D eigenvalue weighted by Crippen LogP contribution is 2.09. The van der Waals surface area contributed by atoms with Gasteiger partial charge in [0.2, 0.25) is 5.91 Å². The van der Waals surface area contributed by atoms with Crippen LogP contribution in [0.1, 0.15) is 33.1 Å². The van der Waals surface area contributed by atoms with E-state index < -0.39 is 0 Å². The number of nitrogens with zero attached hydrogens (tertiary/aromatic N) is 1. The Labute approximate surface area is 98.8 Å². The van der Waals surface area contributed by atoms with E-state index in [1.807, 2.05) is 14.0 Å². The van der Waals surface area contributed by atoms with Crippen molar-refractivity contribution in [3.8, 4) is 0 Å². The highest BCUT2D eigenvalue weighted by Gasteiger charge is 2.19. The molecule has 1 unspecified atom stereocenters. The summed E-state index contributed by atoms with van der Waals surface area (Å²) in [4.78, 5) is 13.9. The fourth-order valence-corrected chi connectivity index (χ4v) is 2.01. The van der Waals surface area contributed by atoms with Crippen molar-refractivity contribution in [2.45, 2.75) is 45.2 Å². The van der Waals surface area contributed by atoms with Crippen LogP contribution in [0, 0.1) is 0 Å². The average Bonchev–Trinajstić information content (AvgIpc) is 2.29. The Bertz CT molecular complexity index is 212. The minimum Gasteiger partial charge on any atom is -0.353 e. The number of carbonyl (C=O) groups is 1. The van der Waals surface area contributed by atoms with Gasteiger partial charge in [-0.15, -0.1) is 0 Å². The molecule has 0 aromatic carbocycles. The predicted molar refractivity (Wildman–Crippen MR) is 66.4 cm³/mol. The van der Waals surface area contributed by atoms with Gasteiger partial charge in [0.25, 0.3) is 0 Å². The number of carbonyl (C=O) groups excluding carboxylic acids is 1. The van der Waals surface area contributed by atoms with Gasteiger partial charge in [-0.25, -0.2) is 0 Å². The number of piperidine rings is 1. The lowest BCUT2D eigenvalue weighted by Crippen LogP contribution is -2.46. The molecule has 0 radical (unpaired) electrons. The number of likely N-dealkylation sites (tertiary alicyclic amines) is 1. The van der Waals surface area contributed by atoms with Crippen molar-refractivity contribution in [3.63, 3.8) is 0 Å². The third kappa shape index (κ3) is 4.49. The predicted octanol–water partition coefficient (Wildman–Crippen LogP) is 0.585. The minimum absolute atomic E-state index is 0.164. The lowest BCUT2D eigenvalue weighted by molar-refractivity contribution is -0.123. The summed E-state index contributed by atoms with van der Waals surface area (Å²) in [6, 6.07) is 0.927. The number of hydrogen-bond donors (Lipinski definition) is 2. The van der Waals surface area contributed by atoms with E-state index in [4.69, 9.17) is 0 Å². The summed E-state index contributed by atoms with van der Waals surface area (Å²) in [6.45, 7) is 6.74. The largest absolute Gasteiger partial charge is 0.353 e. The maximum atomic E-state index is 11.7. The fraction of sp³-hybridized carbons (Fsp3) is 0.917. The lowest BCUT2D eigenvalue weighted by Gasteiger charge is -2.31. The van der Waals surface area contributed by atoms with Crippen molar-refractivity contribution in [1.82, 2.24) is 15.5 Å². The zero-order valence-electron chi connectivity index (χ0n) is 10.8. The highest BCUT2D eigenvalue weighted by atomic mass is 16.2. The molecule has 1 atom stereocenters. The molecule has 1 amide bonds. The number of rotatable bonds is 5. The van der Waals surface area contributed by atoms with Crippen molar-refractivity contribution < 1.29 is 4.79 Å². The van der Waals surface area contributed by atoms with Gasteiger partial charge in [-0.3, -0.25) is 9.69 Å². The first-order valence-electron chi connectivity index (χ1n) is 6.34. The Balaban J connectivity index is 2.20. The second-order valence-electron chi connectivity index (χ2n) is 4.72. The molecule has 0 saturated carbocycles. The smallest absolute Gasteiger partial charge is 0.234 e. The third-order valence-electron chi connectivity index (χ3n) is 3.38. The zero-order valence-corrected chi connectivity index (χ0v) is 10.8. The first-order chi connectivity index (χ1) is 7.65. The van der Waals surface area contributed by atoms with Gasteiger partial charge in [-0.1, -0.05) is 6.92 Å². The Hall–Kier alpha value is -0.610. The topological polar surface area (TPSA) is 44.4 Å². The Morgan fingerprint density at radius 1 is 1.44 bits per heavy atom. The van der Waals surface area contributed by atoms with Crippen LogP contribution in [0.25, 0.3) is 0 Å². The number of hydrogen-bond acceptors (Lipinski definition) is 3. The normalized spacial score (nSPS) is 20.7. The molecule has 1 fully saturated rings. The van der Waals surface area contributed by atoms with Gasteiger partial charge < -0.3 is 10.6 Å². The van der Waals surface area contributed by atoms with Crippen molar-refractivity contribution >= 4 is 5.91 Å². The molecule has 1 rings (SSSR count). The maximum absolute atomic E-state index is 11.7. The van der Waals surface area contributed by atoms with E-state index in [0.717, 1.165) is 32.4 Å². The Kier molecular flexibility index (Phi) is 5.77. The van der Waals surface area contributed by atoms with Gasteiger partial charge in [-0.05, 0) is 33.2 Å². The van der Waals surface area contributed by atoms with Crippen LogP contribution in [0.5, 0.6) is 0 Å². The molecule has 0 spiro atoms. The molecule has 2 N–H and O–H groups in total. The molecule has 0 aliphatic carbocycles. The van der Waals surface area contributed by atoms with E-state index in [9.17, 15) is 4.79 Å². The molecule has 1 saturated heterocycles. The summed E-state index contributed by atoms with van der Waals surface area (Å²) in [5, 5.41) is 6.30. The Morgan fingerprint density at radius 3 is 2.56 bits per heavy atom. The van der Waals surface area contributed by atoms with E-state index in [2.05, 4.69) is 22.5 Å². The zero-order chi connectivity index (χ0) is 12.0. The molecule has 4 heteroatoms. The van der Waals surface area contributed by atoms with E-state index in [-0.39, 0.29) is 5.91 Å². The quantitative estimate of drug-likeness (QED) is 0.722. The van der Waals surface area contributed by atoms with Crippen LogP contribution in [-0.2, 0) is 4.79 Å². The van der Waals surface area contributed by atoms with E-state index in [0.29, 0.717) is 18.6 Å². The fourth-order valence-electron chi connectivity index (χ4n) is 2.01. The van der Waals surface area contributed by atoms with E-state index >= 15 is 0 Å². The summed E-state index contributed by atoms with van der Waals surface area (Å²) in [6.07, 6.45) is 3.29. The second-order valence-corrected chi connectivity index (χ2v) is 4.72. The third-order valence-corrected chi connectivity index (χ3v) is 3.38. The number of amides is 1. The van der Waals surface area contributed by atoms with Crippen molar-refractivity contribution in [1.29, 1.82) is 0 Å². The standard InChI is InChI=1S/C12H25N3O/c1-4-10(2)14-12(16)9-15-7-5-11(13-3)6-8-15/h10-11,13H,4-9H2,1-3H3,(H,14,16). The van der Waals surface area contributed by atoms with Crippen LogP contribution in [-0.4, -0.2) is 49.6 Å². The summed E-state index contributed by atoms with van der Waals surface area (Å²) in [5.41, 5.74) is 0. The van der Waals surface area contributed by atoms with Gasteiger partial charge in [-0.2, -0.15) is 0 Å². The SMILES string of the molecule is CCC(C)NC(=O)CN1CCC(NC)CC1. The van der Waals surface area contributed by atoms with Crippen LogP contribution in [0.4, 0.5) is 0 Å². The monoisotopic (exact) mass is 227 g/mol. The van der Waals surface area contributed by atoms with E-state index in [1.54, 1.807) is 0 Å². The van der Waals surface area contributed by atoms with Crippen molar-refractivity contribution in [2.75, 3.05) is 26.7 Å². The van der Waals surface area contributed by atoms with Gasteiger partial charge in [0.05, 0.1) is 6.54 Å². The average molecular weight is 227 g/mol. The number of nitrogens with one attached hydrogen (secondary N) is 2. The molecule has 1 aliphatic heterocycles. The van der Waals surface area contributed by atoms with Crippen LogP contribution in [0.15, 0.2) is 0 Å². The van der Waals surface area contributed by atoms with Gasteiger partial charge in [0, 0.05) is 25.2 Å². The molecule has 4 nitrogen and oxygen atoms in total. The van der Waals surface area contributed by atoms with E-state index in [1.165, 1.54) is 0 Å². The molecule has 1 aliphatic rings. The summed E-state index contributed by atoms with van der Waals surface area (Å²) < 4.78 is 0. The molecule has 1 heterocycles. The maximum Gasteiger partial charge on any atom is 0.234 e. The van der Waals surface area contributed by atoms with Crippen LogP contribution >= 0.6 is 0 Å². The first kappa shape index (κ1) is 13.5. The molecule has 16 heavy (non-hydrogen) atoms. The first-order valence-corrected chi connectivity index (χ1v) is 6.34. The van der Waals surface area contributed by atoms with Gasteiger partial charge in [0.1, 0.15) is 0 Å². The highest BCUT2D eigenvalue weighted by molar-refractivity contribution is 5.78. The minimum atomic E-state index is 0.164. The molecule has 94 valence electrons. The molecular formula is C12H25N3O. The Morgan fingerprint density at radius 2 is 2.06 bits per heavy atom. The van der Waals surface area contributed by atoms with Crippen molar-refractivity contribution in [3.05, 3.63) is 0 Å². The molecule has 0 aromatic rings. The summed E-state index contributed by atoms with van der Waals surface area (Å²) >= 11 is 0. The lowest BCUT2D eigenvalue weighted by atomic mass is 10.1. The molecular weight excluding hydrogens is 202 g/mol. The molecule has 0 bridgehead atoms. The van der Waals surface area contributed by atoms with Gasteiger partial charge in [0.15, 0.2) is 0 Å². The summed E-state index contributed by atoms with van der Waals surface area (Å²) in [7, 11) is 2.01. The summed E-state index contributed by atoms with van der Waals surface area (Å²) in [5.74, 6) is 0.164. The van der Waals surface area contributed by atoms with Crippen LogP contribution in [0.3, 0.4) is 0 Å². The van der Waals surface area contributed by atoms with Gasteiger partial charge >= 0.3 is 0 Å². The van der Waals surface area contributed by atoms with Crippen LogP contribution < -0.4 is 10.6 Å².